The van der Waals surface area contributed by atoms with Crippen LogP contribution in [0.3, 0.4) is 0 Å². The molecule has 19 heavy (non-hydrogen) atoms. The summed E-state index contributed by atoms with van der Waals surface area (Å²) in [5, 5.41) is 0. The summed E-state index contributed by atoms with van der Waals surface area (Å²) in [5.74, 6) is 0.722. The molecule has 1 rings (SSSR count). The summed E-state index contributed by atoms with van der Waals surface area (Å²) in [7, 11) is 0. The second-order valence-corrected chi connectivity index (χ2v) is 5.13. The molecular formula is C14H20F3NO. The molecule has 2 nitrogen and oxygen atoms in total. The van der Waals surface area contributed by atoms with Gasteiger partial charge in [0.15, 0.2) is 0 Å². The fraction of sp³-hybridized carbons (Fsp3) is 0.571. The lowest BCUT2D eigenvalue weighted by atomic mass is 9.91. The molecule has 1 aromatic carbocycles. The SMILES string of the molecule is CC(C)CC(CN)Cc1ccc(OC(F)(F)F)cc1. The van der Waals surface area contributed by atoms with Crippen molar-refractivity contribution in [3.05, 3.63) is 29.8 Å². The topological polar surface area (TPSA) is 35.2 Å². The minimum Gasteiger partial charge on any atom is -0.406 e. The van der Waals surface area contributed by atoms with E-state index in [-0.39, 0.29) is 5.75 Å². The minimum absolute atomic E-state index is 0.190. The van der Waals surface area contributed by atoms with Gasteiger partial charge in [-0.05, 0) is 48.9 Å². The van der Waals surface area contributed by atoms with Crippen molar-refractivity contribution in [2.45, 2.75) is 33.1 Å². The van der Waals surface area contributed by atoms with E-state index >= 15 is 0 Å². The molecule has 0 aliphatic heterocycles. The highest BCUT2D eigenvalue weighted by Gasteiger charge is 2.30. The van der Waals surface area contributed by atoms with Gasteiger partial charge >= 0.3 is 6.36 Å². The predicted octanol–water partition coefficient (Wildman–Crippen LogP) is 3.75. The van der Waals surface area contributed by atoms with Crippen LogP contribution < -0.4 is 10.5 Å². The van der Waals surface area contributed by atoms with Gasteiger partial charge in [0.25, 0.3) is 0 Å². The zero-order valence-corrected chi connectivity index (χ0v) is 11.2. The second-order valence-electron chi connectivity index (χ2n) is 5.13. The standard InChI is InChI=1S/C14H20F3NO/c1-10(2)7-12(9-18)8-11-3-5-13(6-4-11)19-14(15,16)17/h3-6,10,12H,7-9,18H2,1-2H3. The number of nitrogens with two attached hydrogens (primary N) is 1. The average molecular weight is 275 g/mol. The van der Waals surface area contributed by atoms with Crippen molar-refractivity contribution in [2.75, 3.05) is 6.54 Å². The van der Waals surface area contributed by atoms with Gasteiger partial charge in [0, 0.05) is 0 Å². The molecule has 0 saturated carbocycles. The van der Waals surface area contributed by atoms with Crippen LogP contribution in [-0.4, -0.2) is 12.9 Å². The molecule has 0 bridgehead atoms. The van der Waals surface area contributed by atoms with Crippen LogP contribution in [-0.2, 0) is 6.42 Å². The third kappa shape index (κ3) is 6.47. The molecule has 1 unspecified atom stereocenters. The summed E-state index contributed by atoms with van der Waals surface area (Å²) in [4.78, 5) is 0. The maximum Gasteiger partial charge on any atom is 0.573 e. The largest absolute Gasteiger partial charge is 0.573 e. The van der Waals surface area contributed by atoms with Crippen LogP contribution in [0.25, 0.3) is 0 Å². The van der Waals surface area contributed by atoms with Crippen LogP contribution in [0.2, 0.25) is 0 Å². The van der Waals surface area contributed by atoms with Crippen LogP contribution in [0.15, 0.2) is 24.3 Å². The Balaban J connectivity index is 2.60. The van der Waals surface area contributed by atoms with Gasteiger partial charge < -0.3 is 10.5 Å². The third-order valence-electron chi connectivity index (χ3n) is 2.82. The molecule has 0 heterocycles. The Morgan fingerprint density at radius 1 is 1.16 bits per heavy atom. The van der Waals surface area contributed by atoms with Gasteiger partial charge in [-0.1, -0.05) is 26.0 Å². The lowest BCUT2D eigenvalue weighted by Crippen LogP contribution is -2.19. The van der Waals surface area contributed by atoms with Crippen LogP contribution in [0.4, 0.5) is 13.2 Å². The van der Waals surface area contributed by atoms with E-state index in [1.807, 2.05) is 0 Å². The molecule has 5 heteroatoms. The zero-order chi connectivity index (χ0) is 14.5. The van der Waals surface area contributed by atoms with Crippen molar-refractivity contribution >= 4 is 0 Å². The summed E-state index contributed by atoms with van der Waals surface area (Å²) in [6.45, 7) is 4.84. The number of halogens is 3. The molecule has 1 atom stereocenters. The molecule has 0 amide bonds. The van der Waals surface area contributed by atoms with Crippen molar-refractivity contribution in [2.24, 2.45) is 17.6 Å². The first-order chi connectivity index (χ1) is 8.80. The molecule has 2 N–H and O–H groups in total. The molecule has 0 saturated heterocycles. The lowest BCUT2D eigenvalue weighted by molar-refractivity contribution is -0.274. The van der Waals surface area contributed by atoms with Crippen LogP contribution in [0.1, 0.15) is 25.8 Å². The molecule has 0 aliphatic carbocycles. The van der Waals surface area contributed by atoms with Crippen molar-refractivity contribution < 1.29 is 17.9 Å². The number of benzene rings is 1. The molecular weight excluding hydrogens is 255 g/mol. The van der Waals surface area contributed by atoms with E-state index in [0.717, 1.165) is 18.4 Å². The summed E-state index contributed by atoms with van der Waals surface area (Å²) < 4.78 is 39.9. The predicted molar refractivity (Wildman–Crippen MR) is 68.8 cm³/mol. The Morgan fingerprint density at radius 2 is 1.74 bits per heavy atom. The summed E-state index contributed by atoms with van der Waals surface area (Å²) in [6, 6.07) is 5.99. The van der Waals surface area contributed by atoms with E-state index < -0.39 is 6.36 Å². The molecule has 1 aromatic rings. The number of ether oxygens (including phenoxy) is 1. The Hall–Kier alpha value is -1.23. The summed E-state index contributed by atoms with van der Waals surface area (Å²) in [6.07, 6.45) is -2.85. The van der Waals surface area contributed by atoms with E-state index in [0.29, 0.717) is 18.4 Å². The number of alkyl halides is 3. The maximum absolute atomic E-state index is 12.0. The summed E-state index contributed by atoms with van der Waals surface area (Å²) in [5.41, 5.74) is 6.69. The average Bonchev–Trinajstić information content (AvgIpc) is 2.28. The van der Waals surface area contributed by atoms with Crippen LogP contribution in [0, 0.1) is 11.8 Å². The van der Waals surface area contributed by atoms with E-state index in [1.54, 1.807) is 12.1 Å². The first-order valence-corrected chi connectivity index (χ1v) is 6.35. The van der Waals surface area contributed by atoms with Crippen molar-refractivity contribution in [1.29, 1.82) is 0 Å². The van der Waals surface area contributed by atoms with Crippen molar-refractivity contribution in [1.82, 2.24) is 0 Å². The highest BCUT2D eigenvalue weighted by Crippen LogP contribution is 2.24. The fourth-order valence-electron chi connectivity index (χ4n) is 2.09. The zero-order valence-electron chi connectivity index (χ0n) is 11.2. The normalized spacial score (nSPS) is 13.6. The first kappa shape index (κ1) is 15.8. The molecule has 0 fully saturated rings. The van der Waals surface area contributed by atoms with Crippen molar-refractivity contribution in [3.8, 4) is 5.75 Å². The van der Waals surface area contributed by atoms with Gasteiger partial charge in [-0.25, -0.2) is 0 Å². The Morgan fingerprint density at radius 3 is 2.16 bits per heavy atom. The fourth-order valence-corrected chi connectivity index (χ4v) is 2.09. The first-order valence-electron chi connectivity index (χ1n) is 6.35. The van der Waals surface area contributed by atoms with Gasteiger partial charge in [-0.15, -0.1) is 13.2 Å². The number of hydrogen-bond donors (Lipinski definition) is 1. The van der Waals surface area contributed by atoms with Gasteiger partial charge in [-0.2, -0.15) is 0 Å². The quantitative estimate of drug-likeness (QED) is 0.858. The Kier molecular flexibility index (Phi) is 5.66. The highest BCUT2D eigenvalue weighted by molar-refractivity contribution is 5.27. The number of hydrogen-bond acceptors (Lipinski definition) is 2. The second kappa shape index (κ2) is 6.80. The Labute approximate surface area is 111 Å². The van der Waals surface area contributed by atoms with Crippen molar-refractivity contribution in [3.63, 3.8) is 0 Å². The lowest BCUT2D eigenvalue weighted by Gasteiger charge is -2.17. The molecule has 108 valence electrons. The smallest absolute Gasteiger partial charge is 0.406 e. The van der Waals surface area contributed by atoms with Gasteiger partial charge in [-0.3, -0.25) is 0 Å². The molecule has 0 aliphatic rings. The number of rotatable bonds is 6. The van der Waals surface area contributed by atoms with Gasteiger partial charge in [0.2, 0.25) is 0 Å². The van der Waals surface area contributed by atoms with E-state index in [2.05, 4.69) is 18.6 Å². The van der Waals surface area contributed by atoms with Crippen LogP contribution in [0.5, 0.6) is 5.75 Å². The molecule has 0 spiro atoms. The molecule has 0 radical (unpaired) electrons. The van der Waals surface area contributed by atoms with E-state index in [4.69, 9.17) is 5.73 Å². The minimum atomic E-state index is -4.64. The maximum atomic E-state index is 12.0. The van der Waals surface area contributed by atoms with E-state index in [9.17, 15) is 13.2 Å². The van der Waals surface area contributed by atoms with Gasteiger partial charge in [0.1, 0.15) is 5.75 Å². The third-order valence-corrected chi connectivity index (χ3v) is 2.82. The Bertz CT molecular complexity index is 373. The van der Waals surface area contributed by atoms with E-state index in [1.165, 1.54) is 12.1 Å². The summed E-state index contributed by atoms with van der Waals surface area (Å²) >= 11 is 0. The highest BCUT2D eigenvalue weighted by atomic mass is 19.4. The molecule has 0 aromatic heterocycles. The van der Waals surface area contributed by atoms with Crippen LogP contribution >= 0.6 is 0 Å². The monoisotopic (exact) mass is 275 g/mol. The van der Waals surface area contributed by atoms with Gasteiger partial charge in [0.05, 0.1) is 0 Å².